The molecule has 0 spiro atoms. The largest absolute Gasteiger partial charge is 0.490 e. The first-order chi connectivity index (χ1) is 10.1. The van der Waals surface area contributed by atoms with Gasteiger partial charge >= 0.3 is 0 Å². The van der Waals surface area contributed by atoms with E-state index in [0.29, 0.717) is 24.7 Å². The number of halogens is 1. The van der Waals surface area contributed by atoms with Crippen LogP contribution in [0, 0.1) is 12.3 Å². The van der Waals surface area contributed by atoms with Crippen molar-refractivity contribution >= 4 is 17.2 Å². The molecule has 1 aromatic carbocycles. The molecule has 0 saturated carbocycles. The number of alkyl halides is 1. The van der Waals surface area contributed by atoms with Crippen LogP contribution in [0.3, 0.4) is 0 Å². The summed E-state index contributed by atoms with van der Waals surface area (Å²) in [5.41, 5.74) is 0.791. The minimum atomic E-state index is -1.22. The molecule has 0 aliphatic rings. The molecule has 0 radical (unpaired) electrons. The molecule has 0 aliphatic heterocycles. The molecule has 1 aromatic rings. The van der Waals surface area contributed by atoms with Crippen LogP contribution in [0.1, 0.15) is 19.4 Å². The Balaban J connectivity index is 2.82. The van der Waals surface area contributed by atoms with Crippen molar-refractivity contribution in [3.63, 3.8) is 0 Å². The zero-order chi connectivity index (χ0) is 15.7. The van der Waals surface area contributed by atoms with Crippen LogP contribution in [0.25, 0.3) is 0 Å². The number of thiocarbonyl (C=S) groups is 1. The molecule has 5 heteroatoms. The first-order valence-electron chi connectivity index (χ1n) is 6.86. The molecule has 0 amide bonds. The molecule has 1 unspecified atom stereocenters. The number of ether oxygens (including phenoxy) is 2. The van der Waals surface area contributed by atoms with Crippen molar-refractivity contribution in [1.82, 2.24) is 5.32 Å². The minimum Gasteiger partial charge on any atom is -0.490 e. The predicted molar refractivity (Wildman–Crippen MR) is 86.8 cm³/mol. The molecular formula is C16H20FNO2S. The zero-order valence-electron chi connectivity index (χ0n) is 12.3. The third-order valence-corrected chi connectivity index (χ3v) is 3.07. The number of hydrogen-bond acceptors (Lipinski definition) is 3. The van der Waals surface area contributed by atoms with E-state index in [9.17, 15) is 4.39 Å². The molecule has 3 nitrogen and oxygen atoms in total. The molecule has 0 heterocycles. The smallest absolute Gasteiger partial charge is 0.162 e. The van der Waals surface area contributed by atoms with Gasteiger partial charge in [-0.3, -0.25) is 0 Å². The summed E-state index contributed by atoms with van der Waals surface area (Å²) in [6.45, 7) is 5.02. The lowest BCUT2D eigenvalue weighted by molar-refractivity contribution is 0.298. The van der Waals surface area contributed by atoms with E-state index in [1.807, 2.05) is 13.8 Å². The molecule has 21 heavy (non-hydrogen) atoms. The van der Waals surface area contributed by atoms with E-state index >= 15 is 0 Å². The van der Waals surface area contributed by atoms with Crippen LogP contribution in [0.2, 0.25) is 0 Å². The Morgan fingerprint density at radius 3 is 2.76 bits per heavy atom. The summed E-state index contributed by atoms with van der Waals surface area (Å²) >= 11 is 4.98. The fraction of sp³-hybridized carbons (Fsp3) is 0.438. The van der Waals surface area contributed by atoms with Gasteiger partial charge in [0.05, 0.1) is 6.61 Å². The standard InChI is InChI=1S/C16H20FNO2S/c1-4-9-20-14-8-7-12(11-15(14)19-6-3)10-13(17)16(21)18-5-2/h1,7-8,11,13H,5-6,9-10H2,2-3H3,(H,18,21). The molecule has 0 aromatic heterocycles. The van der Waals surface area contributed by atoms with Gasteiger partial charge in [-0.1, -0.05) is 24.2 Å². The average molecular weight is 309 g/mol. The summed E-state index contributed by atoms with van der Waals surface area (Å²) in [6.07, 6.45) is 4.15. The average Bonchev–Trinajstić information content (AvgIpc) is 2.47. The predicted octanol–water partition coefficient (Wildman–Crippen LogP) is 2.91. The van der Waals surface area contributed by atoms with Crippen molar-refractivity contribution < 1.29 is 13.9 Å². The van der Waals surface area contributed by atoms with Crippen molar-refractivity contribution in [2.45, 2.75) is 26.4 Å². The Morgan fingerprint density at radius 2 is 2.14 bits per heavy atom. The summed E-state index contributed by atoms with van der Waals surface area (Å²) in [7, 11) is 0. The highest BCUT2D eigenvalue weighted by Gasteiger charge is 2.15. The van der Waals surface area contributed by atoms with Crippen LogP contribution < -0.4 is 14.8 Å². The van der Waals surface area contributed by atoms with Gasteiger partial charge in [0.1, 0.15) is 11.6 Å². The highest BCUT2D eigenvalue weighted by molar-refractivity contribution is 7.80. The number of hydrogen-bond donors (Lipinski definition) is 1. The SMILES string of the molecule is C#CCOc1ccc(CC(F)C(=S)NCC)cc1OCC. The number of terminal acetylenes is 1. The number of rotatable bonds is 8. The lowest BCUT2D eigenvalue weighted by Gasteiger charge is -2.14. The monoisotopic (exact) mass is 309 g/mol. The van der Waals surface area contributed by atoms with Gasteiger partial charge < -0.3 is 14.8 Å². The van der Waals surface area contributed by atoms with E-state index in [1.54, 1.807) is 18.2 Å². The summed E-state index contributed by atoms with van der Waals surface area (Å²) < 4.78 is 24.9. The van der Waals surface area contributed by atoms with E-state index in [0.717, 1.165) is 5.56 Å². The summed E-state index contributed by atoms with van der Waals surface area (Å²) in [5, 5.41) is 2.82. The van der Waals surface area contributed by atoms with Gasteiger partial charge in [-0.2, -0.15) is 0 Å². The highest BCUT2D eigenvalue weighted by atomic mass is 32.1. The second-order valence-electron chi connectivity index (χ2n) is 4.27. The molecule has 114 valence electrons. The van der Waals surface area contributed by atoms with Crippen molar-refractivity contribution in [3.05, 3.63) is 23.8 Å². The zero-order valence-corrected chi connectivity index (χ0v) is 13.1. The molecule has 1 rings (SSSR count). The summed E-state index contributed by atoms with van der Waals surface area (Å²) in [6, 6.07) is 5.28. The lowest BCUT2D eigenvalue weighted by atomic mass is 10.1. The van der Waals surface area contributed by atoms with Crippen LogP contribution in [0.5, 0.6) is 11.5 Å². The number of benzene rings is 1. The fourth-order valence-corrected chi connectivity index (χ4v) is 2.00. The van der Waals surface area contributed by atoms with Gasteiger partial charge in [-0.25, -0.2) is 4.39 Å². The summed E-state index contributed by atoms with van der Waals surface area (Å²) in [5.74, 6) is 3.52. The van der Waals surface area contributed by atoms with Crippen LogP contribution >= 0.6 is 12.2 Å². The molecule has 0 bridgehead atoms. The maximum atomic E-state index is 14.0. The van der Waals surface area contributed by atoms with Gasteiger partial charge in [0.25, 0.3) is 0 Å². The Labute approximate surface area is 130 Å². The second-order valence-corrected chi connectivity index (χ2v) is 4.71. The van der Waals surface area contributed by atoms with Crippen LogP contribution in [0.15, 0.2) is 18.2 Å². The topological polar surface area (TPSA) is 30.5 Å². The lowest BCUT2D eigenvalue weighted by Crippen LogP contribution is -2.31. The Morgan fingerprint density at radius 1 is 1.38 bits per heavy atom. The first kappa shape index (κ1) is 17.3. The second kappa shape index (κ2) is 9.19. The third kappa shape index (κ3) is 5.60. The van der Waals surface area contributed by atoms with Gasteiger partial charge in [-0.05, 0) is 31.5 Å². The minimum absolute atomic E-state index is 0.162. The number of nitrogens with one attached hydrogen (secondary N) is 1. The van der Waals surface area contributed by atoms with Crippen molar-refractivity contribution in [2.24, 2.45) is 0 Å². The third-order valence-electron chi connectivity index (χ3n) is 2.67. The molecule has 0 saturated heterocycles. The molecule has 0 aliphatic carbocycles. The van der Waals surface area contributed by atoms with Gasteiger partial charge in [-0.15, -0.1) is 6.42 Å². The van der Waals surface area contributed by atoms with Crippen molar-refractivity contribution in [2.75, 3.05) is 19.8 Å². The highest BCUT2D eigenvalue weighted by Crippen LogP contribution is 2.29. The molecule has 0 fully saturated rings. The van der Waals surface area contributed by atoms with E-state index in [1.165, 1.54) is 0 Å². The van der Waals surface area contributed by atoms with Crippen molar-refractivity contribution in [3.8, 4) is 23.8 Å². The Bertz CT molecular complexity index is 513. The summed E-state index contributed by atoms with van der Waals surface area (Å²) in [4.78, 5) is 0.225. The maximum Gasteiger partial charge on any atom is 0.162 e. The van der Waals surface area contributed by atoms with Gasteiger partial charge in [0, 0.05) is 13.0 Å². The van der Waals surface area contributed by atoms with Gasteiger partial charge in [0.2, 0.25) is 0 Å². The van der Waals surface area contributed by atoms with Crippen LogP contribution in [0.4, 0.5) is 4.39 Å². The van der Waals surface area contributed by atoms with Crippen molar-refractivity contribution in [1.29, 1.82) is 0 Å². The fourth-order valence-electron chi connectivity index (χ4n) is 1.77. The molecular weight excluding hydrogens is 289 g/mol. The van der Waals surface area contributed by atoms with E-state index < -0.39 is 6.17 Å². The molecule has 1 N–H and O–H groups in total. The van der Waals surface area contributed by atoms with E-state index in [-0.39, 0.29) is 18.0 Å². The normalized spacial score (nSPS) is 11.3. The van der Waals surface area contributed by atoms with Crippen LogP contribution in [-0.2, 0) is 6.42 Å². The Hall–Kier alpha value is -1.80. The Kier molecular flexibility index (Phi) is 7.55. The first-order valence-corrected chi connectivity index (χ1v) is 7.26. The van der Waals surface area contributed by atoms with Gasteiger partial charge in [0.15, 0.2) is 17.7 Å². The maximum absolute atomic E-state index is 14.0. The quantitative estimate of drug-likeness (QED) is 0.591. The molecule has 1 atom stereocenters. The van der Waals surface area contributed by atoms with E-state index in [2.05, 4.69) is 11.2 Å². The van der Waals surface area contributed by atoms with E-state index in [4.69, 9.17) is 28.1 Å². The van der Waals surface area contributed by atoms with Crippen LogP contribution in [-0.4, -0.2) is 30.9 Å².